The number of nitrogens with one attached hydrogen (secondary N) is 1. The van der Waals surface area contributed by atoms with Gasteiger partial charge in [0.2, 0.25) is 0 Å². The third-order valence-electron chi connectivity index (χ3n) is 6.15. The number of hydrogen-bond donors (Lipinski definition) is 4. The molecule has 37 heavy (non-hydrogen) atoms. The number of nitrogens with zero attached hydrogens (tertiary/aromatic N) is 4. The lowest BCUT2D eigenvalue weighted by Crippen LogP contribution is -2.40. The molecule has 13 heteroatoms. The molecule has 1 aromatic carbocycles. The fourth-order valence-corrected chi connectivity index (χ4v) is 5.81. The molecule has 0 aliphatic heterocycles. The van der Waals surface area contributed by atoms with Crippen molar-refractivity contribution in [3.8, 4) is 5.75 Å². The Morgan fingerprint density at radius 2 is 1.97 bits per heavy atom. The maximum absolute atomic E-state index is 13.8. The highest BCUT2D eigenvalue weighted by molar-refractivity contribution is 7.52. The summed E-state index contributed by atoms with van der Waals surface area (Å²) in [5.74, 6) is 0.0227. The van der Waals surface area contributed by atoms with E-state index in [1.165, 1.54) is 6.33 Å². The van der Waals surface area contributed by atoms with E-state index in [1.54, 1.807) is 62.0 Å². The molecule has 1 aliphatic rings. The van der Waals surface area contributed by atoms with Crippen molar-refractivity contribution in [2.45, 2.75) is 57.8 Å². The molecule has 0 radical (unpaired) electrons. The number of hydrogen-bond acceptors (Lipinski definition) is 10. The molecule has 200 valence electrons. The zero-order valence-corrected chi connectivity index (χ0v) is 21.9. The zero-order valence-electron chi connectivity index (χ0n) is 21.0. The van der Waals surface area contributed by atoms with Gasteiger partial charge in [0.05, 0.1) is 37.2 Å². The fraction of sp³-hybridized carbons (Fsp3) is 0.458. The molecule has 0 bridgehead atoms. The lowest BCUT2D eigenvalue weighted by molar-refractivity contribution is -0.138. The van der Waals surface area contributed by atoms with Gasteiger partial charge in [-0.05, 0) is 44.9 Å². The molecular formula is C24H33N6O6P. The molecule has 2 aromatic heterocycles. The van der Waals surface area contributed by atoms with Crippen molar-refractivity contribution in [1.29, 1.82) is 0 Å². The summed E-state index contributed by atoms with van der Waals surface area (Å²) < 4.78 is 32.5. The van der Waals surface area contributed by atoms with Crippen molar-refractivity contribution < 1.29 is 28.6 Å². The topological polar surface area (TPSA) is 167 Å². The maximum Gasteiger partial charge on any atom is 0.459 e. The molecule has 0 saturated heterocycles. The number of benzene rings is 1. The molecule has 1 aliphatic carbocycles. The number of anilines is 1. The Morgan fingerprint density at radius 3 is 2.68 bits per heavy atom. The largest absolute Gasteiger partial charge is 0.459 e. The van der Waals surface area contributed by atoms with Crippen LogP contribution in [0.1, 0.15) is 33.2 Å². The van der Waals surface area contributed by atoms with Crippen LogP contribution in [0.3, 0.4) is 0 Å². The van der Waals surface area contributed by atoms with Crippen LogP contribution >= 0.6 is 7.75 Å². The second kappa shape index (κ2) is 11.3. The summed E-state index contributed by atoms with van der Waals surface area (Å²) in [4.78, 5) is 12.5. The number of fused-ring (bicyclic) bond motifs is 1. The lowest BCUT2D eigenvalue weighted by atomic mass is 10.0. The highest BCUT2D eigenvalue weighted by atomic mass is 31.2. The molecule has 5 N–H and O–H groups in total. The van der Waals surface area contributed by atoms with Gasteiger partial charge in [0, 0.05) is 5.92 Å². The van der Waals surface area contributed by atoms with Gasteiger partial charge in [0.15, 0.2) is 17.8 Å². The Hall–Kier alpha value is -2.86. The van der Waals surface area contributed by atoms with Gasteiger partial charge in [-0.3, -0.25) is 4.52 Å². The summed E-state index contributed by atoms with van der Waals surface area (Å²) in [5, 5.41) is 23.9. The Morgan fingerprint density at radius 1 is 1.24 bits per heavy atom. The summed E-state index contributed by atoms with van der Waals surface area (Å²) in [5.41, 5.74) is 7.56. The predicted molar refractivity (Wildman–Crippen MR) is 137 cm³/mol. The predicted octanol–water partition coefficient (Wildman–Crippen LogP) is 2.81. The average molecular weight is 533 g/mol. The van der Waals surface area contributed by atoms with Gasteiger partial charge in [0.1, 0.15) is 17.6 Å². The summed E-state index contributed by atoms with van der Waals surface area (Å²) in [6, 6.07) is 7.43. The van der Waals surface area contributed by atoms with Crippen molar-refractivity contribution in [1.82, 2.24) is 24.6 Å². The molecule has 3 aromatic rings. The first-order valence-electron chi connectivity index (χ1n) is 12.0. The summed E-state index contributed by atoms with van der Waals surface area (Å²) >= 11 is 0. The highest BCUT2D eigenvalue weighted by Crippen LogP contribution is 2.48. The Balaban J connectivity index is 1.51. The number of aliphatic hydroxyl groups excluding tert-OH is 2. The van der Waals surface area contributed by atoms with E-state index in [9.17, 15) is 14.8 Å². The van der Waals surface area contributed by atoms with E-state index in [4.69, 9.17) is 19.5 Å². The number of imidazole rings is 1. The van der Waals surface area contributed by atoms with Crippen molar-refractivity contribution in [3.05, 3.63) is 55.1 Å². The maximum atomic E-state index is 13.8. The molecule has 6 atom stereocenters. The Bertz CT molecular complexity index is 1270. The molecule has 1 saturated carbocycles. The van der Waals surface area contributed by atoms with E-state index in [2.05, 4.69) is 26.6 Å². The van der Waals surface area contributed by atoms with Gasteiger partial charge in [-0.1, -0.05) is 24.8 Å². The van der Waals surface area contributed by atoms with E-state index in [0.717, 1.165) is 0 Å². The molecule has 4 rings (SSSR count). The second-order valence-corrected chi connectivity index (χ2v) is 11.0. The molecule has 12 nitrogen and oxygen atoms in total. The van der Waals surface area contributed by atoms with Crippen molar-refractivity contribution in [2.75, 3.05) is 12.3 Å². The number of nitrogen functional groups attached to an aromatic ring is 1. The minimum Gasteiger partial charge on any atom is -0.413 e. The second-order valence-electron chi connectivity index (χ2n) is 9.27. The zero-order chi connectivity index (χ0) is 26.7. The number of nitrogens with two attached hydrogens (primary N) is 1. The first-order valence-corrected chi connectivity index (χ1v) is 13.5. The molecular weight excluding hydrogens is 499 g/mol. The number of para-hydroxylation sites is 1. The third kappa shape index (κ3) is 6.18. The smallest absolute Gasteiger partial charge is 0.413 e. The van der Waals surface area contributed by atoms with Crippen molar-refractivity contribution >= 4 is 24.7 Å². The molecule has 3 unspecified atom stereocenters. The average Bonchev–Trinajstić information content (AvgIpc) is 3.39. The van der Waals surface area contributed by atoms with E-state index >= 15 is 0 Å². The number of rotatable bonds is 11. The van der Waals surface area contributed by atoms with Crippen LogP contribution in [-0.4, -0.2) is 60.9 Å². The molecule has 0 spiro atoms. The van der Waals surface area contributed by atoms with Crippen LogP contribution in [0.4, 0.5) is 5.82 Å². The molecule has 1 fully saturated rings. The van der Waals surface area contributed by atoms with E-state index in [1.807, 2.05) is 0 Å². The summed E-state index contributed by atoms with van der Waals surface area (Å²) in [6.45, 7) is 9.20. The van der Waals surface area contributed by atoms with Gasteiger partial charge >= 0.3 is 7.75 Å². The normalized spacial score (nSPS) is 23.3. The van der Waals surface area contributed by atoms with Crippen LogP contribution in [0, 0.1) is 5.92 Å². The van der Waals surface area contributed by atoms with Gasteiger partial charge in [-0.25, -0.2) is 24.6 Å². The Labute approximate surface area is 215 Å². The standard InChI is InChI=1S/C24H33N6O6P/c1-14(2)35-24(32)16(4)29-37(33,36-17-8-6-5-7-9-17)34-11-18-15(3)19(10-20(18)31)30-13-28-21-22(25)26-12-27-23(21)30/h5-9,12-14,16,18-20,24,31-32H,3,10-11H2,1-2,4H3,(H,29,33)(H2,25,26,27)/t16?,18-,19-,20-,24?,37?/m0/s1. The van der Waals surface area contributed by atoms with Gasteiger partial charge in [-0.15, -0.1) is 0 Å². The van der Waals surface area contributed by atoms with Crippen molar-refractivity contribution in [2.24, 2.45) is 5.92 Å². The van der Waals surface area contributed by atoms with Gasteiger partial charge < -0.3 is 29.8 Å². The first-order chi connectivity index (χ1) is 17.6. The Kier molecular flexibility index (Phi) is 8.27. The SMILES string of the molecule is C=C1[C@H](COP(=O)(NC(C)C(O)OC(C)C)Oc2ccccc2)[C@@H](O)C[C@@H]1n1cnc2c(N)ncnc21. The minimum absolute atomic E-state index is 0.148. The fourth-order valence-electron chi connectivity index (χ4n) is 4.25. The van der Waals surface area contributed by atoms with E-state index < -0.39 is 32.1 Å². The quantitative estimate of drug-likeness (QED) is 0.163. The van der Waals surface area contributed by atoms with Crippen LogP contribution < -0.4 is 15.3 Å². The first kappa shape index (κ1) is 27.2. The molecule has 0 amide bonds. The van der Waals surface area contributed by atoms with Crippen LogP contribution in [0.2, 0.25) is 0 Å². The summed E-state index contributed by atoms with van der Waals surface area (Å²) in [7, 11) is -4.02. The monoisotopic (exact) mass is 532 g/mol. The highest BCUT2D eigenvalue weighted by Gasteiger charge is 2.41. The number of aromatic nitrogens is 4. The minimum atomic E-state index is -4.02. The molecule has 2 heterocycles. The number of aliphatic hydroxyl groups is 2. The summed E-state index contributed by atoms with van der Waals surface area (Å²) in [6.07, 6.45) is 0.944. The van der Waals surface area contributed by atoms with Crippen LogP contribution in [0.15, 0.2) is 55.1 Å². The van der Waals surface area contributed by atoms with Crippen LogP contribution in [0.25, 0.3) is 11.2 Å². The van der Waals surface area contributed by atoms with E-state index in [-0.39, 0.29) is 24.6 Å². The van der Waals surface area contributed by atoms with Gasteiger partial charge in [0.25, 0.3) is 0 Å². The van der Waals surface area contributed by atoms with E-state index in [0.29, 0.717) is 28.9 Å². The van der Waals surface area contributed by atoms with Crippen LogP contribution in [0.5, 0.6) is 5.75 Å². The third-order valence-corrected chi connectivity index (χ3v) is 7.81. The lowest BCUT2D eigenvalue weighted by Gasteiger charge is -2.28. The van der Waals surface area contributed by atoms with Crippen molar-refractivity contribution in [3.63, 3.8) is 0 Å². The van der Waals surface area contributed by atoms with Gasteiger partial charge in [-0.2, -0.15) is 0 Å². The number of ether oxygens (including phenoxy) is 1. The van der Waals surface area contributed by atoms with Crippen LogP contribution in [-0.2, 0) is 13.8 Å².